The third kappa shape index (κ3) is 2.12. The maximum atomic E-state index is 3.48. The molecule has 0 bridgehead atoms. The molecule has 1 N–H and O–H groups in total. The van der Waals surface area contributed by atoms with Gasteiger partial charge in [-0.3, -0.25) is 0 Å². The zero-order valence-corrected chi connectivity index (χ0v) is 9.34. The van der Waals surface area contributed by atoms with E-state index < -0.39 is 0 Å². The van der Waals surface area contributed by atoms with Gasteiger partial charge in [-0.2, -0.15) is 0 Å². The molecule has 2 aliphatic rings. The summed E-state index contributed by atoms with van der Waals surface area (Å²) in [5.74, 6) is 9.30. The molecule has 0 aliphatic heterocycles. The van der Waals surface area contributed by atoms with Crippen molar-refractivity contribution < 1.29 is 0 Å². The highest BCUT2D eigenvalue weighted by atomic mass is 14.9. The summed E-state index contributed by atoms with van der Waals surface area (Å²) in [6, 6.07) is 0.726. The molecule has 0 heterocycles. The van der Waals surface area contributed by atoms with Crippen molar-refractivity contribution in [1.29, 1.82) is 0 Å². The van der Waals surface area contributed by atoms with Crippen LogP contribution in [0.1, 0.15) is 39.0 Å². The van der Waals surface area contributed by atoms with Crippen LogP contribution in [0.5, 0.6) is 0 Å². The molecule has 0 saturated heterocycles. The van der Waals surface area contributed by atoms with Crippen LogP contribution < -0.4 is 5.32 Å². The number of nitrogens with one attached hydrogen (secondary N) is 1. The summed E-state index contributed by atoms with van der Waals surface area (Å²) in [4.78, 5) is 0. The van der Waals surface area contributed by atoms with Gasteiger partial charge in [-0.25, -0.2) is 0 Å². The van der Waals surface area contributed by atoms with E-state index in [1.54, 1.807) is 0 Å². The molecule has 78 valence electrons. The Morgan fingerprint density at radius 1 is 1.29 bits per heavy atom. The van der Waals surface area contributed by atoms with E-state index in [4.69, 9.17) is 0 Å². The third-order valence-corrected chi connectivity index (χ3v) is 3.98. The number of hydrogen-bond donors (Lipinski definition) is 1. The van der Waals surface area contributed by atoms with Crippen molar-refractivity contribution in [2.75, 3.05) is 7.05 Å². The molecule has 2 rings (SSSR count). The normalized spacial score (nSPS) is 35.7. The molecule has 0 aromatic rings. The lowest BCUT2D eigenvalue weighted by molar-refractivity contribution is 0.337. The zero-order chi connectivity index (χ0) is 9.97. The summed E-state index contributed by atoms with van der Waals surface area (Å²) in [7, 11) is 2.11. The van der Waals surface area contributed by atoms with E-state index in [-0.39, 0.29) is 0 Å². The van der Waals surface area contributed by atoms with E-state index in [0.717, 1.165) is 30.2 Å². The van der Waals surface area contributed by atoms with Crippen molar-refractivity contribution in [2.24, 2.45) is 17.8 Å². The Hall–Kier alpha value is -0.480. The molecule has 0 aromatic heterocycles. The second-order valence-electron chi connectivity index (χ2n) is 4.85. The summed E-state index contributed by atoms with van der Waals surface area (Å²) < 4.78 is 0. The molecule has 14 heavy (non-hydrogen) atoms. The Bertz CT molecular complexity index is 238. The minimum atomic E-state index is 0.726. The predicted molar refractivity (Wildman–Crippen MR) is 59.9 cm³/mol. The second kappa shape index (κ2) is 4.36. The maximum Gasteiger partial charge on any atom is 0.0103 e. The van der Waals surface area contributed by atoms with Gasteiger partial charge in [0.25, 0.3) is 0 Å². The summed E-state index contributed by atoms with van der Waals surface area (Å²) in [5, 5.41) is 3.48. The van der Waals surface area contributed by atoms with Gasteiger partial charge in [-0.15, -0.1) is 11.8 Å². The van der Waals surface area contributed by atoms with Gasteiger partial charge in [0.1, 0.15) is 0 Å². The van der Waals surface area contributed by atoms with Gasteiger partial charge in [0, 0.05) is 12.5 Å². The smallest absolute Gasteiger partial charge is 0.0103 e. The molecule has 0 amide bonds. The van der Waals surface area contributed by atoms with Crippen LogP contribution in [0.25, 0.3) is 0 Å². The highest BCUT2D eigenvalue weighted by Gasteiger charge is 2.47. The lowest BCUT2D eigenvalue weighted by atomic mass is 9.91. The maximum absolute atomic E-state index is 3.48. The molecule has 0 aromatic carbocycles. The third-order valence-electron chi connectivity index (χ3n) is 3.98. The molecule has 3 unspecified atom stereocenters. The Morgan fingerprint density at radius 3 is 2.57 bits per heavy atom. The lowest BCUT2D eigenvalue weighted by Gasteiger charge is -2.23. The average molecular weight is 191 g/mol. The fraction of sp³-hybridized carbons (Fsp3) is 0.846. The van der Waals surface area contributed by atoms with Crippen molar-refractivity contribution in [3.63, 3.8) is 0 Å². The predicted octanol–water partition coefficient (Wildman–Crippen LogP) is 2.42. The summed E-state index contributed by atoms with van der Waals surface area (Å²) in [5.41, 5.74) is 0. The van der Waals surface area contributed by atoms with Gasteiger partial charge in [-0.1, -0.05) is 0 Å². The Labute approximate surface area is 87.7 Å². The van der Waals surface area contributed by atoms with E-state index in [2.05, 4.69) is 24.2 Å². The van der Waals surface area contributed by atoms with Crippen molar-refractivity contribution in [3.05, 3.63) is 0 Å². The highest BCUT2D eigenvalue weighted by Crippen LogP contribution is 2.55. The van der Waals surface area contributed by atoms with Crippen molar-refractivity contribution in [2.45, 2.75) is 45.1 Å². The van der Waals surface area contributed by atoms with Crippen LogP contribution in [0.2, 0.25) is 0 Å². The fourth-order valence-corrected chi connectivity index (χ4v) is 3.06. The van der Waals surface area contributed by atoms with Crippen molar-refractivity contribution >= 4 is 0 Å². The first kappa shape index (κ1) is 10.1. The van der Waals surface area contributed by atoms with Crippen LogP contribution in [0.15, 0.2) is 0 Å². The van der Waals surface area contributed by atoms with Crippen LogP contribution in [0.4, 0.5) is 0 Å². The molecular weight excluding hydrogens is 170 g/mol. The average Bonchev–Trinajstić information content (AvgIpc) is 2.81. The SMILES string of the molecule is CC#CCCC(NC)C1CC2CC2C1. The molecule has 2 saturated carbocycles. The van der Waals surface area contributed by atoms with E-state index in [0.29, 0.717) is 0 Å². The largest absolute Gasteiger partial charge is 0.317 e. The first-order valence-electron chi connectivity index (χ1n) is 5.92. The van der Waals surface area contributed by atoms with Crippen LogP contribution in [-0.4, -0.2) is 13.1 Å². The van der Waals surface area contributed by atoms with Crippen LogP contribution >= 0.6 is 0 Å². The summed E-state index contributed by atoms with van der Waals surface area (Å²) >= 11 is 0. The van der Waals surface area contributed by atoms with E-state index >= 15 is 0 Å². The molecule has 0 radical (unpaired) electrons. The number of fused-ring (bicyclic) bond motifs is 1. The van der Waals surface area contributed by atoms with Crippen molar-refractivity contribution in [1.82, 2.24) is 5.32 Å². The van der Waals surface area contributed by atoms with E-state index in [1.807, 2.05) is 6.92 Å². The molecule has 2 fully saturated rings. The molecule has 1 nitrogen and oxygen atoms in total. The first-order valence-corrected chi connectivity index (χ1v) is 5.92. The lowest BCUT2D eigenvalue weighted by Crippen LogP contribution is -2.32. The van der Waals surface area contributed by atoms with Crippen LogP contribution in [0.3, 0.4) is 0 Å². The monoisotopic (exact) mass is 191 g/mol. The van der Waals surface area contributed by atoms with Gasteiger partial charge < -0.3 is 5.32 Å². The Kier molecular flexibility index (Phi) is 3.13. The Balaban J connectivity index is 1.76. The van der Waals surface area contributed by atoms with Gasteiger partial charge in [-0.05, 0) is 57.4 Å². The minimum absolute atomic E-state index is 0.726. The molecular formula is C13H21N. The minimum Gasteiger partial charge on any atom is -0.317 e. The quantitative estimate of drug-likeness (QED) is 0.673. The van der Waals surface area contributed by atoms with E-state index in [1.165, 1.54) is 25.7 Å². The Morgan fingerprint density at radius 2 is 2.00 bits per heavy atom. The molecule has 1 heteroatoms. The van der Waals surface area contributed by atoms with E-state index in [9.17, 15) is 0 Å². The molecule has 0 spiro atoms. The standard InChI is InChI=1S/C13H21N/c1-3-4-5-6-13(14-2)12-8-10-7-11(10)9-12/h10-14H,5-9H2,1-2H3. The fourth-order valence-electron chi connectivity index (χ4n) is 3.06. The van der Waals surface area contributed by atoms with Gasteiger partial charge in [0.2, 0.25) is 0 Å². The topological polar surface area (TPSA) is 12.0 Å². The van der Waals surface area contributed by atoms with Gasteiger partial charge in [0.05, 0.1) is 0 Å². The van der Waals surface area contributed by atoms with Gasteiger partial charge >= 0.3 is 0 Å². The number of rotatable bonds is 4. The summed E-state index contributed by atoms with van der Waals surface area (Å²) in [6.45, 7) is 1.93. The van der Waals surface area contributed by atoms with Crippen LogP contribution in [0, 0.1) is 29.6 Å². The molecule has 3 atom stereocenters. The first-order chi connectivity index (χ1) is 6.85. The number of hydrogen-bond acceptors (Lipinski definition) is 1. The van der Waals surface area contributed by atoms with Crippen molar-refractivity contribution in [3.8, 4) is 11.8 Å². The van der Waals surface area contributed by atoms with Gasteiger partial charge in [0.15, 0.2) is 0 Å². The molecule has 2 aliphatic carbocycles. The highest BCUT2D eigenvalue weighted by molar-refractivity contribution is 5.01. The second-order valence-corrected chi connectivity index (χ2v) is 4.85. The van der Waals surface area contributed by atoms with Crippen LogP contribution in [-0.2, 0) is 0 Å². The summed E-state index contributed by atoms with van der Waals surface area (Å²) in [6.07, 6.45) is 6.79. The zero-order valence-electron chi connectivity index (χ0n) is 9.34.